The van der Waals surface area contributed by atoms with Crippen molar-refractivity contribution < 1.29 is 9.53 Å². The summed E-state index contributed by atoms with van der Waals surface area (Å²) in [7, 11) is 0. The van der Waals surface area contributed by atoms with Crippen molar-refractivity contribution in [2.24, 2.45) is 5.41 Å². The Bertz CT molecular complexity index is 849. The summed E-state index contributed by atoms with van der Waals surface area (Å²) in [4.78, 5) is 20.9. The molecule has 4 rings (SSSR count). The Kier molecular flexibility index (Phi) is 4.84. The Balaban J connectivity index is 1.18. The highest BCUT2D eigenvalue weighted by Crippen LogP contribution is 2.40. The number of hydrogen-bond acceptors (Lipinski definition) is 6. The van der Waals surface area contributed by atoms with E-state index in [4.69, 9.17) is 4.74 Å². The van der Waals surface area contributed by atoms with Crippen LogP contribution in [0.4, 0.5) is 9.93 Å². The molecule has 2 saturated heterocycles. The van der Waals surface area contributed by atoms with Crippen molar-refractivity contribution in [3.63, 3.8) is 0 Å². The van der Waals surface area contributed by atoms with Crippen molar-refractivity contribution in [3.05, 3.63) is 22.7 Å². The van der Waals surface area contributed by atoms with Crippen molar-refractivity contribution >= 4 is 48.7 Å². The number of benzene rings is 1. The van der Waals surface area contributed by atoms with Gasteiger partial charge < -0.3 is 19.9 Å². The van der Waals surface area contributed by atoms with E-state index in [1.165, 1.54) is 4.70 Å². The third-order valence-corrected chi connectivity index (χ3v) is 6.35. The first-order valence-electron chi connectivity index (χ1n) is 9.22. The number of carbonyl (C=O) groups excluding carboxylic acids is 1. The number of likely N-dealkylation sites (tertiary alicyclic amines) is 2. The second kappa shape index (κ2) is 6.90. The van der Waals surface area contributed by atoms with E-state index in [1.807, 2.05) is 37.8 Å². The summed E-state index contributed by atoms with van der Waals surface area (Å²) in [5.74, 6) is 0. The van der Waals surface area contributed by atoms with Crippen molar-refractivity contribution in [2.75, 3.05) is 44.6 Å². The topological polar surface area (TPSA) is 57.7 Å². The Morgan fingerprint density at radius 2 is 2.07 bits per heavy atom. The van der Waals surface area contributed by atoms with E-state index in [0.29, 0.717) is 5.41 Å². The maximum absolute atomic E-state index is 12.0. The van der Waals surface area contributed by atoms with Crippen LogP contribution in [-0.2, 0) is 4.74 Å². The molecule has 1 aromatic heterocycles. The molecule has 0 saturated carbocycles. The summed E-state index contributed by atoms with van der Waals surface area (Å²) >= 11 is 5.18. The Morgan fingerprint density at radius 3 is 2.78 bits per heavy atom. The summed E-state index contributed by atoms with van der Waals surface area (Å²) in [6.07, 6.45) is -0.185. The van der Waals surface area contributed by atoms with Crippen molar-refractivity contribution in [3.8, 4) is 0 Å². The smallest absolute Gasteiger partial charge is 0.410 e. The number of fused-ring (bicyclic) bond motifs is 1. The molecule has 1 N–H and O–H groups in total. The molecular weight excluding hydrogens is 428 g/mol. The summed E-state index contributed by atoms with van der Waals surface area (Å²) in [6, 6.07) is 6.15. The number of ether oxygens (including phenoxy) is 1. The summed E-state index contributed by atoms with van der Waals surface area (Å²) in [5, 5.41) is 4.41. The number of carbonyl (C=O) groups is 1. The third kappa shape index (κ3) is 4.22. The van der Waals surface area contributed by atoms with Crippen LogP contribution < -0.4 is 5.32 Å². The zero-order valence-electron chi connectivity index (χ0n) is 15.9. The molecule has 2 aromatic rings. The summed E-state index contributed by atoms with van der Waals surface area (Å²) < 4.78 is 7.70. The zero-order valence-corrected chi connectivity index (χ0v) is 18.3. The van der Waals surface area contributed by atoms with Crippen molar-refractivity contribution in [1.82, 2.24) is 14.8 Å². The highest BCUT2D eigenvalue weighted by molar-refractivity contribution is 9.10. The number of rotatable bonds is 4. The molecule has 0 unspecified atom stereocenters. The van der Waals surface area contributed by atoms with Crippen LogP contribution >= 0.6 is 27.3 Å². The molecule has 146 valence electrons. The zero-order chi connectivity index (χ0) is 19.2. The first-order valence-corrected chi connectivity index (χ1v) is 10.8. The lowest BCUT2D eigenvalue weighted by Gasteiger charge is -2.60. The highest BCUT2D eigenvalue weighted by Gasteiger charge is 2.53. The number of nitrogens with one attached hydrogen (secondary N) is 1. The average molecular weight is 453 g/mol. The molecule has 27 heavy (non-hydrogen) atoms. The molecule has 0 radical (unpaired) electrons. The van der Waals surface area contributed by atoms with Crippen LogP contribution in [0.5, 0.6) is 0 Å². The summed E-state index contributed by atoms with van der Waals surface area (Å²) in [6.45, 7) is 11.3. The SMILES string of the molecule is CC(C)(C)OC(=O)N1CC2(CN(CCNc3nc4ccc(Br)cc4s3)C2)C1. The number of halogens is 1. The lowest BCUT2D eigenvalue weighted by molar-refractivity contribution is -0.111. The number of thiazole rings is 1. The molecule has 2 aliphatic heterocycles. The van der Waals surface area contributed by atoms with Crippen LogP contribution in [0, 0.1) is 5.41 Å². The monoisotopic (exact) mass is 452 g/mol. The van der Waals surface area contributed by atoms with Gasteiger partial charge in [-0.1, -0.05) is 27.3 Å². The minimum atomic E-state index is -0.423. The fraction of sp³-hybridized carbons (Fsp3) is 0.579. The van der Waals surface area contributed by atoms with Gasteiger partial charge in [0, 0.05) is 49.2 Å². The van der Waals surface area contributed by atoms with Crippen LogP contribution in [0.25, 0.3) is 10.2 Å². The maximum atomic E-state index is 12.0. The Hall–Kier alpha value is -1.38. The van der Waals surface area contributed by atoms with Gasteiger partial charge in [-0.2, -0.15) is 0 Å². The number of anilines is 1. The first-order chi connectivity index (χ1) is 12.7. The van der Waals surface area contributed by atoms with Gasteiger partial charge in [0.1, 0.15) is 5.60 Å². The van der Waals surface area contributed by atoms with Gasteiger partial charge in [-0.05, 0) is 39.0 Å². The predicted octanol–water partition coefficient (Wildman–Crippen LogP) is 4.02. The molecule has 3 heterocycles. The van der Waals surface area contributed by atoms with Gasteiger partial charge in [-0.25, -0.2) is 9.78 Å². The third-order valence-electron chi connectivity index (χ3n) is 4.88. The van der Waals surface area contributed by atoms with E-state index in [-0.39, 0.29) is 6.09 Å². The van der Waals surface area contributed by atoms with Gasteiger partial charge in [-0.15, -0.1) is 0 Å². The van der Waals surface area contributed by atoms with Gasteiger partial charge >= 0.3 is 6.09 Å². The highest BCUT2D eigenvalue weighted by atomic mass is 79.9. The molecule has 6 nitrogen and oxygen atoms in total. The van der Waals surface area contributed by atoms with E-state index >= 15 is 0 Å². The van der Waals surface area contributed by atoms with Crippen LogP contribution in [0.1, 0.15) is 20.8 Å². The van der Waals surface area contributed by atoms with Crippen molar-refractivity contribution in [1.29, 1.82) is 0 Å². The van der Waals surface area contributed by atoms with Crippen molar-refractivity contribution in [2.45, 2.75) is 26.4 Å². The van der Waals surface area contributed by atoms with E-state index in [2.05, 4.69) is 37.2 Å². The molecule has 1 spiro atoms. The van der Waals surface area contributed by atoms with Gasteiger partial charge in [0.2, 0.25) is 0 Å². The van der Waals surface area contributed by atoms with Gasteiger partial charge in [0.15, 0.2) is 5.13 Å². The molecule has 8 heteroatoms. The van der Waals surface area contributed by atoms with E-state index < -0.39 is 5.60 Å². The number of amides is 1. The van der Waals surface area contributed by atoms with E-state index in [1.54, 1.807) is 11.3 Å². The Morgan fingerprint density at radius 1 is 1.33 bits per heavy atom. The number of nitrogens with zero attached hydrogens (tertiary/aromatic N) is 3. The van der Waals surface area contributed by atoms with E-state index in [0.717, 1.165) is 54.4 Å². The molecule has 2 aliphatic rings. The first kappa shape index (κ1) is 19.0. The second-order valence-electron chi connectivity index (χ2n) is 8.60. The standard InChI is InChI=1S/C19H25BrN4O2S/c1-18(2,3)26-17(25)24-11-19(12-24)9-23(10-19)7-6-21-16-22-14-5-4-13(20)8-15(14)27-16/h4-5,8H,6-7,9-12H2,1-3H3,(H,21,22). The van der Waals surface area contributed by atoms with Crippen LogP contribution in [0.15, 0.2) is 22.7 Å². The average Bonchev–Trinajstić information content (AvgIpc) is 2.87. The normalized spacial score (nSPS) is 19.0. The molecule has 0 aliphatic carbocycles. The largest absolute Gasteiger partial charge is 0.444 e. The van der Waals surface area contributed by atoms with Crippen LogP contribution in [0.3, 0.4) is 0 Å². The molecule has 2 fully saturated rings. The predicted molar refractivity (Wildman–Crippen MR) is 112 cm³/mol. The molecule has 0 atom stereocenters. The fourth-order valence-electron chi connectivity index (χ4n) is 3.77. The lowest BCUT2D eigenvalue weighted by Crippen LogP contribution is -2.73. The van der Waals surface area contributed by atoms with Gasteiger partial charge in [0.25, 0.3) is 0 Å². The lowest BCUT2D eigenvalue weighted by atomic mass is 9.73. The van der Waals surface area contributed by atoms with Crippen LogP contribution in [-0.4, -0.2) is 65.7 Å². The maximum Gasteiger partial charge on any atom is 0.410 e. The minimum Gasteiger partial charge on any atom is -0.444 e. The summed E-state index contributed by atoms with van der Waals surface area (Å²) in [5.41, 5.74) is 0.901. The number of aromatic nitrogens is 1. The molecular formula is C19H25BrN4O2S. The molecule has 1 aromatic carbocycles. The van der Waals surface area contributed by atoms with E-state index in [9.17, 15) is 4.79 Å². The second-order valence-corrected chi connectivity index (χ2v) is 10.6. The molecule has 1 amide bonds. The fourth-order valence-corrected chi connectivity index (χ4v) is 5.22. The Labute approximate surface area is 172 Å². The minimum absolute atomic E-state index is 0.185. The quantitative estimate of drug-likeness (QED) is 0.758. The van der Waals surface area contributed by atoms with Crippen LogP contribution in [0.2, 0.25) is 0 Å². The van der Waals surface area contributed by atoms with Gasteiger partial charge in [-0.3, -0.25) is 0 Å². The van der Waals surface area contributed by atoms with Gasteiger partial charge in [0.05, 0.1) is 10.2 Å². The number of hydrogen-bond donors (Lipinski definition) is 1. The molecule has 0 bridgehead atoms.